The molecule has 1 aliphatic heterocycles. The quantitative estimate of drug-likeness (QED) is 0.660. The third-order valence-electron chi connectivity index (χ3n) is 2.42. The number of alkyl halides is 1. The zero-order valence-corrected chi connectivity index (χ0v) is 9.53. The predicted octanol–water partition coefficient (Wildman–Crippen LogP) is 0.556. The van der Waals surface area contributed by atoms with E-state index >= 15 is 0 Å². The highest BCUT2D eigenvalue weighted by Gasteiger charge is 2.24. The molecule has 0 spiro atoms. The van der Waals surface area contributed by atoms with Crippen molar-refractivity contribution in [1.82, 2.24) is 19.7 Å². The zero-order chi connectivity index (χ0) is 11.0. The van der Waals surface area contributed by atoms with Crippen LogP contribution in [0.15, 0.2) is 0 Å². The van der Waals surface area contributed by atoms with Crippen LogP contribution in [-0.4, -0.2) is 37.5 Å². The Morgan fingerprint density at radius 2 is 2.27 bits per heavy atom. The molecule has 15 heavy (non-hydrogen) atoms. The normalized spacial score (nSPS) is 17.4. The molecule has 6 heteroatoms. The number of nitrogens with zero attached hydrogens (tertiary/aromatic N) is 4. The summed E-state index contributed by atoms with van der Waals surface area (Å²) in [7, 11) is 0. The topological polar surface area (TPSA) is 51.0 Å². The standard InChI is InChI=1S/C9H13ClN4O/c1-6(10)9(15)13-3-4-14-8(5-13)11-7(2)12-14/h6H,3-5H2,1-2H3. The Balaban J connectivity index is 2.15. The van der Waals surface area contributed by atoms with E-state index in [0.717, 1.165) is 11.6 Å². The number of fused-ring (bicyclic) bond motifs is 1. The molecule has 2 heterocycles. The van der Waals surface area contributed by atoms with Crippen LogP contribution in [0, 0.1) is 6.92 Å². The Kier molecular flexibility index (Phi) is 2.65. The number of aromatic nitrogens is 3. The van der Waals surface area contributed by atoms with Crippen LogP contribution in [0.1, 0.15) is 18.6 Å². The molecule has 2 rings (SSSR count). The maximum absolute atomic E-state index is 11.7. The highest BCUT2D eigenvalue weighted by Crippen LogP contribution is 2.12. The Hall–Kier alpha value is -1.10. The first-order valence-electron chi connectivity index (χ1n) is 4.91. The summed E-state index contributed by atoms with van der Waals surface area (Å²) in [6.45, 7) is 5.41. The monoisotopic (exact) mass is 228 g/mol. The molecule has 1 aromatic heterocycles. The van der Waals surface area contributed by atoms with Gasteiger partial charge in [-0.05, 0) is 13.8 Å². The number of hydrogen-bond acceptors (Lipinski definition) is 3. The average molecular weight is 229 g/mol. The molecule has 0 radical (unpaired) electrons. The second-order valence-corrected chi connectivity index (χ2v) is 4.33. The van der Waals surface area contributed by atoms with Crippen LogP contribution < -0.4 is 0 Å². The lowest BCUT2D eigenvalue weighted by molar-refractivity contribution is -0.132. The molecule has 1 aromatic rings. The SMILES string of the molecule is Cc1nc2n(n1)CCN(C(=O)C(C)Cl)C2. The number of hydrogen-bond donors (Lipinski definition) is 0. The fraction of sp³-hybridized carbons (Fsp3) is 0.667. The minimum atomic E-state index is -0.472. The third-order valence-corrected chi connectivity index (χ3v) is 2.61. The number of carbonyl (C=O) groups is 1. The van der Waals surface area contributed by atoms with Gasteiger partial charge in [0.1, 0.15) is 17.0 Å². The number of rotatable bonds is 1. The van der Waals surface area contributed by atoms with Crippen LogP contribution in [0.2, 0.25) is 0 Å². The van der Waals surface area contributed by atoms with Crippen molar-refractivity contribution >= 4 is 17.5 Å². The molecular weight excluding hydrogens is 216 g/mol. The van der Waals surface area contributed by atoms with Gasteiger partial charge in [-0.25, -0.2) is 9.67 Å². The first kappa shape index (κ1) is 10.4. The summed E-state index contributed by atoms with van der Waals surface area (Å²) in [5, 5.41) is 3.75. The lowest BCUT2D eigenvalue weighted by Gasteiger charge is -2.27. The molecule has 0 aliphatic carbocycles. The minimum absolute atomic E-state index is 0.0384. The van der Waals surface area contributed by atoms with Crippen molar-refractivity contribution in [2.45, 2.75) is 32.3 Å². The Bertz CT molecular complexity index is 387. The van der Waals surface area contributed by atoms with Gasteiger partial charge < -0.3 is 4.90 Å². The molecule has 82 valence electrons. The number of amides is 1. The molecule has 1 aliphatic rings. The predicted molar refractivity (Wildman–Crippen MR) is 55.5 cm³/mol. The smallest absolute Gasteiger partial charge is 0.240 e. The second kappa shape index (κ2) is 3.81. The van der Waals surface area contributed by atoms with E-state index < -0.39 is 5.38 Å². The van der Waals surface area contributed by atoms with Crippen molar-refractivity contribution in [2.24, 2.45) is 0 Å². The van der Waals surface area contributed by atoms with E-state index in [4.69, 9.17) is 11.6 Å². The summed E-state index contributed by atoms with van der Waals surface area (Å²) in [5.74, 6) is 1.55. The molecule has 1 unspecified atom stereocenters. The molecular formula is C9H13ClN4O. The van der Waals surface area contributed by atoms with Crippen LogP contribution in [0.4, 0.5) is 0 Å². The van der Waals surface area contributed by atoms with E-state index in [1.165, 1.54) is 0 Å². The molecule has 0 bridgehead atoms. The lowest BCUT2D eigenvalue weighted by Crippen LogP contribution is -2.41. The van der Waals surface area contributed by atoms with Gasteiger partial charge in [-0.1, -0.05) is 0 Å². The van der Waals surface area contributed by atoms with Crippen LogP contribution in [0.25, 0.3) is 0 Å². The summed E-state index contributed by atoms with van der Waals surface area (Å²) in [5.41, 5.74) is 0. The molecule has 0 fully saturated rings. The van der Waals surface area contributed by atoms with Crippen LogP contribution in [0.5, 0.6) is 0 Å². The van der Waals surface area contributed by atoms with Crippen LogP contribution in [-0.2, 0) is 17.9 Å². The van der Waals surface area contributed by atoms with E-state index in [9.17, 15) is 4.79 Å². The van der Waals surface area contributed by atoms with E-state index in [0.29, 0.717) is 19.6 Å². The summed E-state index contributed by atoms with van der Waals surface area (Å²) in [6.07, 6.45) is 0. The zero-order valence-electron chi connectivity index (χ0n) is 8.77. The first-order valence-corrected chi connectivity index (χ1v) is 5.35. The Morgan fingerprint density at radius 3 is 2.93 bits per heavy atom. The molecule has 0 saturated heterocycles. The van der Waals surface area contributed by atoms with Gasteiger partial charge in [0, 0.05) is 6.54 Å². The van der Waals surface area contributed by atoms with E-state index in [1.54, 1.807) is 11.8 Å². The Labute approximate surface area is 93.0 Å². The van der Waals surface area contributed by atoms with Gasteiger partial charge in [0.15, 0.2) is 0 Å². The highest BCUT2D eigenvalue weighted by molar-refractivity contribution is 6.30. The van der Waals surface area contributed by atoms with Gasteiger partial charge in [0.05, 0.1) is 13.1 Å². The number of aryl methyl sites for hydroxylation is 1. The van der Waals surface area contributed by atoms with Crippen molar-refractivity contribution in [3.63, 3.8) is 0 Å². The minimum Gasteiger partial charge on any atom is -0.332 e. The molecule has 1 atom stereocenters. The number of halogens is 1. The van der Waals surface area contributed by atoms with E-state index in [-0.39, 0.29) is 5.91 Å². The summed E-state index contributed by atoms with van der Waals surface area (Å²) in [6, 6.07) is 0. The van der Waals surface area contributed by atoms with Crippen LogP contribution >= 0.6 is 11.6 Å². The van der Waals surface area contributed by atoms with Crippen molar-refractivity contribution in [2.75, 3.05) is 6.54 Å². The van der Waals surface area contributed by atoms with Gasteiger partial charge in [-0.3, -0.25) is 4.79 Å². The Morgan fingerprint density at radius 1 is 1.53 bits per heavy atom. The van der Waals surface area contributed by atoms with Crippen LogP contribution in [0.3, 0.4) is 0 Å². The fourth-order valence-corrected chi connectivity index (χ4v) is 1.84. The van der Waals surface area contributed by atoms with Gasteiger partial charge in [-0.15, -0.1) is 11.6 Å². The lowest BCUT2D eigenvalue weighted by atomic mass is 10.3. The second-order valence-electron chi connectivity index (χ2n) is 3.67. The molecule has 1 amide bonds. The summed E-state index contributed by atoms with van der Waals surface area (Å²) in [4.78, 5) is 17.6. The molecule has 0 saturated carbocycles. The maximum atomic E-state index is 11.7. The van der Waals surface area contributed by atoms with Gasteiger partial charge >= 0.3 is 0 Å². The summed E-state index contributed by atoms with van der Waals surface area (Å²) >= 11 is 5.76. The van der Waals surface area contributed by atoms with Crippen molar-refractivity contribution in [3.05, 3.63) is 11.6 Å². The van der Waals surface area contributed by atoms with Crippen molar-refractivity contribution in [1.29, 1.82) is 0 Å². The van der Waals surface area contributed by atoms with Gasteiger partial charge in [-0.2, -0.15) is 5.10 Å². The van der Waals surface area contributed by atoms with Crippen molar-refractivity contribution < 1.29 is 4.79 Å². The molecule has 0 aromatic carbocycles. The first-order chi connectivity index (χ1) is 7.08. The van der Waals surface area contributed by atoms with Gasteiger partial charge in [0.25, 0.3) is 0 Å². The largest absolute Gasteiger partial charge is 0.332 e. The van der Waals surface area contributed by atoms with E-state index in [1.807, 2.05) is 11.6 Å². The molecule has 0 N–H and O–H groups in total. The average Bonchev–Trinajstić information content (AvgIpc) is 2.55. The van der Waals surface area contributed by atoms with Crippen molar-refractivity contribution in [3.8, 4) is 0 Å². The maximum Gasteiger partial charge on any atom is 0.240 e. The third kappa shape index (κ3) is 1.97. The molecule has 5 nitrogen and oxygen atoms in total. The highest BCUT2D eigenvalue weighted by atomic mass is 35.5. The summed E-state index contributed by atoms with van der Waals surface area (Å²) < 4.78 is 1.85. The van der Waals surface area contributed by atoms with Gasteiger partial charge in [0.2, 0.25) is 5.91 Å². The fourth-order valence-electron chi connectivity index (χ4n) is 1.70. The van der Waals surface area contributed by atoms with E-state index in [2.05, 4.69) is 10.1 Å². The number of carbonyl (C=O) groups excluding carboxylic acids is 1.